The Morgan fingerprint density at radius 1 is 1.05 bits per heavy atom. The van der Waals surface area contributed by atoms with Gasteiger partial charge < -0.3 is 9.47 Å². The molecule has 1 unspecified atom stereocenters. The van der Waals surface area contributed by atoms with Crippen LogP contribution in [0.5, 0.6) is 0 Å². The molecule has 3 aliphatic heterocycles. The van der Waals surface area contributed by atoms with Gasteiger partial charge in [-0.05, 0) is 43.2 Å². The van der Waals surface area contributed by atoms with E-state index in [1.165, 1.54) is 16.1 Å². The Labute approximate surface area is 242 Å². The molecule has 0 spiro atoms. The Balaban J connectivity index is 1.33. The van der Waals surface area contributed by atoms with Gasteiger partial charge in [0.25, 0.3) is 5.91 Å². The number of para-hydroxylation sites is 1. The number of carbonyl (C=O) groups is 1. The minimum Gasteiger partial charge on any atom is -0.379 e. The van der Waals surface area contributed by atoms with Crippen LogP contribution in [0, 0.1) is 0 Å². The average Bonchev–Trinajstić information content (AvgIpc) is 3.72. The number of carbonyl (C=O) groups excluding carboxylic acids is 1. The molecular weight excluding hydrogens is 569 g/mol. The highest BCUT2D eigenvalue weighted by molar-refractivity contribution is 8.26. The Morgan fingerprint density at radius 2 is 1.80 bits per heavy atom. The molecule has 1 amide bonds. The van der Waals surface area contributed by atoms with Crippen molar-refractivity contribution in [2.24, 2.45) is 0 Å². The molecular formula is C28H28N4O5S3. The molecule has 0 N–H and O–H groups in total. The van der Waals surface area contributed by atoms with E-state index in [-0.39, 0.29) is 16.9 Å². The minimum absolute atomic E-state index is 0.00509. The summed E-state index contributed by atoms with van der Waals surface area (Å²) in [5.41, 5.74) is 2.95. The molecule has 1 aromatic heterocycles. The molecule has 208 valence electrons. The van der Waals surface area contributed by atoms with Crippen molar-refractivity contribution in [1.82, 2.24) is 19.0 Å². The molecule has 3 saturated heterocycles. The van der Waals surface area contributed by atoms with Crippen molar-refractivity contribution in [3.05, 3.63) is 71.3 Å². The zero-order valence-corrected chi connectivity index (χ0v) is 24.1. The van der Waals surface area contributed by atoms with Crippen LogP contribution < -0.4 is 0 Å². The summed E-state index contributed by atoms with van der Waals surface area (Å²) in [7, 11) is -3.62. The number of aromatic nitrogens is 2. The maximum atomic E-state index is 13.3. The number of thioether (sulfide) groups is 1. The van der Waals surface area contributed by atoms with E-state index in [2.05, 4.69) is 0 Å². The minimum atomic E-state index is -3.62. The third kappa shape index (κ3) is 5.52. The molecule has 0 radical (unpaired) electrons. The summed E-state index contributed by atoms with van der Waals surface area (Å²) in [6.45, 7) is 2.61. The second-order valence-electron chi connectivity index (χ2n) is 9.68. The summed E-state index contributed by atoms with van der Waals surface area (Å²) in [5.74, 6) is -0.143. The van der Waals surface area contributed by atoms with Crippen molar-refractivity contribution < 1.29 is 22.7 Å². The van der Waals surface area contributed by atoms with Gasteiger partial charge in [0.1, 0.15) is 4.32 Å². The molecule has 0 saturated carbocycles. The van der Waals surface area contributed by atoms with E-state index in [1.807, 2.05) is 42.6 Å². The normalized spacial score (nSPS) is 21.6. The van der Waals surface area contributed by atoms with Crippen molar-refractivity contribution in [2.45, 2.75) is 23.8 Å². The quantitative estimate of drug-likeness (QED) is 0.299. The Hall–Kier alpha value is -2.87. The molecule has 3 fully saturated rings. The summed E-state index contributed by atoms with van der Waals surface area (Å²) >= 11 is 6.81. The molecule has 3 aromatic rings. The molecule has 12 heteroatoms. The van der Waals surface area contributed by atoms with Crippen LogP contribution in [0.2, 0.25) is 0 Å². The third-order valence-electron chi connectivity index (χ3n) is 7.07. The number of nitrogens with zero attached hydrogens (tertiary/aromatic N) is 4. The van der Waals surface area contributed by atoms with E-state index in [0.717, 1.165) is 29.7 Å². The number of hydrogen-bond acceptors (Lipinski definition) is 8. The highest BCUT2D eigenvalue weighted by atomic mass is 32.2. The van der Waals surface area contributed by atoms with Crippen LogP contribution in [0.1, 0.15) is 18.4 Å². The van der Waals surface area contributed by atoms with E-state index in [0.29, 0.717) is 54.4 Å². The molecule has 9 nitrogen and oxygen atoms in total. The predicted molar refractivity (Wildman–Crippen MR) is 157 cm³/mol. The summed E-state index contributed by atoms with van der Waals surface area (Å²) in [4.78, 5) is 15.7. The molecule has 3 aliphatic rings. The van der Waals surface area contributed by atoms with Gasteiger partial charge in [-0.25, -0.2) is 13.1 Å². The maximum absolute atomic E-state index is 13.3. The summed E-state index contributed by atoms with van der Waals surface area (Å²) in [5, 5.41) is 4.83. The molecule has 4 heterocycles. The number of benzene rings is 2. The monoisotopic (exact) mass is 596 g/mol. The molecule has 40 heavy (non-hydrogen) atoms. The second kappa shape index (κ2) is 11.6. The Bertz CT molecular complexity index is 1540. The van der Waals surface area contributed by atoms with Crippen LogP contribution in [-0.4, -0.2) is 83.2 Å². The van der Waals surface area contributed by atoms with Crippen LogP contribution >= 0.6 is 24.0 Å². The Morgan fingerprint density at radius 3 is 2.50 bits per heavy atom. The zero-order chi connectivity index (χ0) is 27.7. The fraction of sp³-hybridized carbons (Fsp3) is 0.321. The van der Waals surface area contributed by atoms with Gasteiger partial charge in [-0.1, -0.05) is 54.3 Å². The fourth-order valence-corrected chi connectivity index (χ4v) is 7.62. The molecule has 0 bridgehead atoms. The number of rotatable bonds is 7. The summed E-state index contributed by atoms with van der Waals surface area (Å²) < 4.78 is 41.0. The molecule has 6 rings (SSSR count). The number of thiocarbonyl (C=S) groups is 1. The number of hydrogen-bond donors (Lipinski definition) is 0. The lowest BCUT2D eigenvalue weighted by atomic mass is 10.1. The third-order valence-corrected chi connectivity index (χ3v) is 10.4. The van der Waals surface area contributed by atoms with Gasteiger partial charge in [0.2, 0.25) is 10.0 Å². The number of amides is 1. The van der Waals surface area contributed by atoms with Crippen molar-refractivity contribution in [1.29, 1.82) is 0 Å². The lowest BCUT2D eigenvalue weighted by molar-refractivity contribution is -0.123. The first-order valence-electron chi connectivity index (χ1n) is 13.1. The van der Waals surface area contributed by atoms with E-state index < -0.39 is 10.0 Å². The number of ether oxygens (including phenoxy) is 2. The van der Waals surface area contributed by atoms with Gasteiger partial charge in [-0.3, -0.25) is 9.69 Å². The van der Waals surface area contributed by atoms with Crippen molar-refractivity contribution >= 4 is 50.3 Å². The smallest absolute Gasteiger partial charge is 0.266 e. The average molecular weight is 597 g/mol. The summed E-state index contributed by atoms with van der Waals surface area (Å²) in [6, 6.07) is 16.4. The van der Waals surface area contributed by atoms with Crippen LogP contribution in [0.25, 0.3) is 23.0 Å². The van der Waals surface area contributed by atoms with E-state index in [9.17, 15) is 13.2 Å². The zero-order valence-electron chi connectivity index (χ0n) is 21.6. The largest absolute Gasteiger partial charge is 0.379 e. The van der Waals surface area contributed by atoms with E-state index in [4.69, 9.17) is 26.8 Å². The second-order valence-corrected chi connectivity index (χ2v) is 13.3. The SMILES string of the molecule is O=C1/C(=C\c2cn(-c3ccccc3)nc2-c2ccc(S(=O)(=O)N3CCOCC3)cc2)SC(=S)N1CC1CCCO1. The fourth-order valence-electron chi connectivity index (χ4n) is 4.94. The first-order valence-corrected chi connectivity index (χ1v) is 15.8. The van der Waals surface area contributed by atoms with Gasteiger partial charge in [0, 0.05) is 37.0 Å². The Kier molecular flexibility index (Phi) is 7.89. The van der Waals surface area contributed by atoms with Gasteiger partial charge in [-0.15, -0.1) is 0 Å². The van der Waals surface area contributed by atoms with Crippen LogP contribution in [-0.2, 0) is 24.3 Å². The van der Waals surface area contributed by atoms with Crippen molar-refractivity contribution in [2.75, 3.05) is 39.5 Å². The topological polar surface area (TPSA) is 94.0 Å². The molecule has 0 aliphatic carbocycles. The van der Waals surface area contributed by atoms with Crippen molar-refractivity contribution in [3.63, 3.8) is 0 Å². The highest BCUT2D eigenvalue weighted by Crippen LogP contribution is 2.36. The van der Waals surface area contributed by atoms with Crippen LogP contribution in [0.15, 0.2) is 70.6 Å². The van der Waals surface area contributed by atoms with Gasteiger partial charge >= 0.3 is 0 Å². The van der Waals surface area contributed by atoms with Gasteiger partial charge in [0.15, 0.2) is 0 Å². The lowest BCUT2D eigenvalue weighted by Crippen LogP contribution is -2.40. The number of morpholine rings is 1. The van der Waals surface area contributed by atoms with E-state index >= 15 is 0 Å². The standard InChI is InChI=1S/C28H28N4O5S3/c33-27-25(39-28(38)31(27)19-23-7-4-14-37-23)17-21-18-32(22-5-2-1-3-6-22)29-26(21)20-8-10-24(11-9-20)40(34,35)30-12-15-36-16-13-30/h1-3,5-6,8-11,17-18,23H,4,7,12-16,19H2/b25-17+. The van der Waals surface area contributed by atoms with Crippen LogP contribution in [0.3, 0.4) is 0 Å². The predicted octanol–water partition coefficient (Wildman–Crippen LogP) is 3.94. The van der Waals surface area contributed by atoms with E-state index in [1.54, 1.807) is 33.8 Å². The maximum Gasteiger partial charge on any atom is 0.266 e. The van der Waals surface area contributed by atoms with Crippen molar-refractivity contribution in [3.8, 4) is 16.9 Å². The first-order chi connectivity index (χ1) is 19.4. The molecule has 2 aromatic carbocycles. The number of sulfonamides is 1. The van der Waals surface area contributed by atoms with Gasteiger partial charge in [-0.2, -0.15) is 9.40 Å². The van der Waals surface area contributed by atoms with Gasteiger partial charge in [0.05, 0.1) is 47.0 Å². The first kappa shape index (κ1) is 27.3. The lowest BCUT2D eigenvalue weighted by Gasteiger charge is -2.26. The molecule has 1 atom stereocenters. The summed E-state index contributed by atoms with van der Waals surface area (Å²) in [6.07, 6.45) is 5.60. The van der Waals surface area contributed by atoms with Crippen LogP contribution in [0.4, 0.5) is 0 Å². The highest BCUT2D eigenvalue weighted by Gasteiger charge is 2.35.